The molecule has 0 aliphatic carbocycles. The summed E-state index contributed by atoms with van der Waals surface area (Å²) >= 11 is 2.51. The Labute approximate surface area is 162 Å². The Morgan fingerprint density at radius 2 is 2.22 bits per heavy atom. The zero-order chi connectivity index (χ0) is 19.4. The molecule has 3 rings (SSSR count). The molecule has 1 unspecified atom stereocenters. The van der Waals surface area contributed by atoms with Crippen molar-refractivity contribution in [2.24, 2.45) is 0 Å². The lowest BCUT2D eigenvalue weighted by atomic mass is 10.2. The van der Waals surface area contributed by atoms with E-state index < -0.39 is 23.9 Å². The molecule has 1 aliphatic heterocycles. The molecule has 3 amide bonds. The molecule has 0 fully saturated rings. The molecular weight excluding hydrogens is 392 g/mol. The fourth-order valence-electron chi connectivity index (χ4n) is 2.52. The fourth-order valence-corrected chi connectivity index (χ4v) is 4.14. The molecule has 1 aliphatic rings. The van der Waals surface area contributed by atoms with Crippen molar-refractivity contribution < 1.29 is 19.5 Å². The third-order valence-corrected chi connectivity index (χ3v) is 5.63. The van der Waals surface area contributed by atoms with E-state index in [0.29, 0.717) is 5.13 Å². The Morgan fingerprint density at radius 3 is 2.93 bits per heavy atom. The average molecular weight is 410 g/mol. The Kier molecular flexibility index (Phi) is 5.98. The zero-order valence-electron chi connectivity index (χ0n) is 14.4. The highest BCUT2D eigenvalue weighted by molar-refractivity contribution is 7.14. The summed E-state index contributed by atoms with van der Waals surface area (Å²) in [5.41, 5.74) is 0.899. The normalized spacial score (nSPS) is 14.9. The molecule has 4 N–H and O–H groups in total. The standard InChI is InChI=1S/C15H18N6O4S2/c1-21-4-2-8-10(7-21)27-13(19-8)12(23)18-9(6-17-15(24)25)11(22)20-14-16-3-5-26-14/h3,5,9,17H,2,4,6-7H2,1H3,(H,18,23)(H,24,25)(H,16,20,22). The number of nitrogens with one attached hydrogen (secondary N) is 3. The highest BCUT2D eigenvalue weighted by Gasteiger charge is 2.26. The maximum absolute atomic E-state index is 12.6. The van der Waals surface area contributed by atoms with Gasteiger partial charge in [-0.1, -0.05) is 0 Å². The molecule has 0 saturated heterocycles. The van der Waals surface area contributed by atoms with E-state index in [1.807, 2.05) is 7.05 Å². The molecule has 144 valence electrons. The number of hydrogen-bond donors (Lipinski definition) is 4. The van der Waals surface area contributed by atoms with Crippen LogP contribution >= 0.6 is 22.7 Å². The third-order valence-electron chi connectivity index (χ3n) is 3.86. The minimum atomic E-state index is -1.29. The topological polar surface area (TPSA) is 137 Å². The Hall–Kier alpha value is -2.57. The van der Waals surface area contributed by atoms with Crippen molar-refractivity contribution in [3.05, 3.63) is 27.2 Å². The van der Waals surface area contributed by atoms with Gasteiger partial charge in [0.15, 0.2) is 10.1 Å². The van der Waals surface area contributed by atoms with E-state index in [-0.39, 0.29) is 11.6 Å². The number of aromatic nitrogens is 2. The van der Waals surface area contributed by atoms with Gasteiger partial charge in [-0.2, -0.15) is 0 Å². The fraction of sp³-hybridized carbons (Fsp3) is 0.400. The molecule has 0 radical (unpaired) electrons. The largest absolute Gasteiger partial charge is 0.465 e. The second-order valence-corrected chi connectivity index (χ2v) is 7.89. The van der Waals surface area contributed by atoms with Crippen LogP contribution in [0.3, 0.4) is 0 Å². The van der Waals surface area contributed by atoms with Crippen LogP contribution in [0.15, 0.2) is 11.6 Å². The predicted molar refractivity (Wildman–Crippen MR) is 100 cm³/mol. The van der Waals surface area contributed by atoms with Gasteiger partial charge in [0.2, 0.25) is 0 Å². The van der Waals surface area contributed by atoms with Crippen molar-refractivity contribution in [3.63, 3.8) is 0 Å². The first kappa shape index (κ1) is 19.2. The van der Waals surface area contributed by atoms with Crippen molar-refractivity contribution in [3.8, 4) is 0 Å². The number of carbonyl (C=O) groups is 3. The maximum atomic E-state index is 12.6. The van der Waals surface area contributed by atoms with Crippen LogP contribution in [0.4, 0.5) is 9.93 Å². The number of thiazole rings is 2. The lowest BCUT2D eigenvalue weighted by Crippen LogP contribution is -2.50. The van der Waals surface area contributed by atoms with E-state index in [2.05, 4.69) is 30.8 Å². The van der Waals surface area contributed by atoms with Crippen LogP contribution in [-0.4, -0.2) is 64.1 Å². The molecule has 1 atom stereocenters. The van der Waals surface area contributed by atoms with E-state index >= 15 is 0 Å². The van der Waals surface area contributed by atoms with Crippen LogP contribution in [0, 0.1) is 0 Å². The van der Waals surface area contributed by atoms with Gasteiger partial charge < -0.3 is 26.0 Å². The molecule has 3 heterocycles. The van der Waals surface area contributed by atoms with E-state index in [1.165, 1.54) is 28.9 Å². The van der Waals surface area contributed by atoms with Gasteiger partial charge in [0.25, 0.3) is 11.8 Å². The van der Waals surface area contributed by atoms with Crippen LogP contribution in [0.2, 0.25) is 0 Å². The monoisotopic (exact) mass is 410 g/mol. The molecule has 10 nitrogen and oxygen atoms in total. The summed E-state index contributed by atoms with van der Waals surface area (Å²) < 4.78 is 0. The van der Waals surface area contributed by atoms with E-state index in [4.69, 9.17) is 5.11 Å². The lowest BCUT2D eigenvalue weighted by molar-refractivity contribution is -0.117. The number of rotatable bonds is 6. The first-order valence-corrected chi connectivity index (χ1v) is 9.77. The smallest absolute Gasteiger partial charge is 0.404 e. The quantitative estimate of drug-likeness (QED) is 0.547. The summed E-state index contributed by atoms with van der Waals surface area (Å²) in [6, 6.07) is -1.10. The number of nitrogens with zero attached hydrogens (tertiary/aromatic N) is 3. The third kappa shape index (κ3) is 4.99. The van der Waals surface area contributed by atoms with Crippen LogP contribution < -0.4 is 16.0 Å². The molecule has 27 heavy (non-hydrogen) atoms. The number of fused-ring (bicyclic) bond motifs is 1. The summed E-state index contributed by atoms with van der Waals surface area (Å²) in [6.45, 7) is 1.33. The summed E-state index contributed by atoms with van der Waals surface area (Å²) in [5.74, 6) is -1.07. The van der Waals surface area contributed by atoms with Crippen molar-refractivity contribution in [2.45, 2.75) is 19.0 Å². The van der Waals surface area contributed by atoms with Gasteiger partial charge in [-0.3, -0.25) is 9.59 Å². The number of hydrogen-bond acceptors (Lipinski definition) is 8. The molecule has 0 bridgehead atoms. The van der Waals surface area contributed by atoms with Gasteiger partial charge in [0, 0.05) is 36.0 Å². The van der Waals surface area contributed by atoms with Crippen LogP contribution in [-0.2, 0) is 17.8 Å². The van der Waals surface area contributed by atoms with E-state index in [0.717, 1.165) is 30.1 Å². The molecule has 0 saturated carbocycles. The number of amides is 3. The highest BCUT2D eigenvalue weighted by atomic mass is 32.1. The summed E-state index contributed by atoms with van der Waals surface area (Å²) in [6.07, 6.45) is 1.01. The summed E-state index contributed by atoms with van der Waals surface area (Å²) in [7, 11) is 2.00. The van der Waals surface area contributed by atoms with Crippen molar-refractivity contribution >= 4 is 45.7 Å². The molecule has 2 aromatic heterocycles. The van der Waals surface area contributed by atoms with Crippen LogP contribution in [0.1, 0.15) is 20.4 Å². The maximum Gasteiger partial charge on any atom is 0.404 e. The summed E-state index contributed by atoms with van der Waals surface area (Å²) in [5, 5.41) is 18.3. The predicted octanol–water partition coefficient (Wildman–Crippen LogP) is 0.592. The minimum Gasteiger partial charge on any atom is -0.465 e. The van der Waals surface area contributed by atoms with Crippen LogP contribution in [0.5, 0.6) is 0 Å². The first-order valence-electron chi connectivity index (χ1n) is 8.07. The zero-order valence-corrected chi connectivity index (χ0v) is 16.0. The average Bonchev–Trinajstić information content (AvgIpc) is 3.27. The van der Waals surface area contributed by atoms with Gasteiger partial charge in [-0.05, 0) is 7.05 Å². The second kappa shape index (κ2) is 8.41. The lowest BCUT2D eigenvalue weighted by Gasteiger charge is -2.20. The molecular formula is C15H18N6O4S2. The SMILES string of the molecule is CN1CCc2nc(C(=O)NC(CNC(=O)O)C(=O)Nc3nccs3)sc2C1. The Balaban J connectivity index is 1.69. The van der Waals surface area contributed by atoms with E-state index in [1.54, 1.807) is 5.38 Å². The van der Waals surface area contributed by atoms with Gasteiger partial charge >= 0.3 is 6.09 Å². The highest BCUT2D eigenvalue weighted by Crippen LogP contribution is 2.24. The Morgan fingerprint density at radius 1 is 1.41 bits per heavy atom. The number of anilines is 1. The minimum absolute atomic E-state index is 0.262. The molecule has 0 aromatic carbocycles. The Bertz CT molecular complexity index is 837. The van der Waals surface area contributed by atoms with Crippen molar-refractivity contribution in [2.75, 3.05) is 25.5 Å². The van der Waals surface area contributed by atoms with Crippen molar-refractivity contribution in [1.82, 2.24) is 25.5 Å². The molecule has 2 aromatic rings. The van der Waals surface area contributed by atoms with Gasteiger partial charge in [-0.15, -0.1) is 22.7 Å². The van der Waals surface area contributed by atoms with Crippen LogP contribution in [0.25, 0.3) is 0 Å². The van der Waals surface area contributed by atoms with Gasteiger partial charge in [-0.25, -0.2) is 14.8 Å². The number of likely N-dealkylation sites (N-methyl/N-ethyl adjacent to an activating group) is 1. The van der Waals surface area contributed by atoms with Gasteiger partial charge in [0.05, 0.1) is 12.2 Å². The van der Waals surface area contributed by atoms with Gasteiger partial charge in [0.1, 0.15) is 6.04 Å². The molecule has 12 heteroatoms. The second-order valence-electron chi connectivity index (χ2n) is 5.92. The number of carbonyl (C=O) groups excluding carboxylic acids is 2. The van der Waals surface area contributed by atoms with Crippen molar-refractivity contribution in [1.29, 1.82) is 0 Å². The van der Waals surface area contributed by atoms with E-state index in [9.17, 15) is 14.4 Å². The molecule has 0 spiro atoms. The summed E-state index contributed by atoms with van der Waals surface area (Å²) in [4.78, 5) is 47.2. The number of carboxylic acid groups (broad SMARTS) is 1. The first-order chi connectivity index (χ1) is 12.9.